The first-order chi connectivity index (χ1) is 9.79. The molecule has 2 aliphatic carbocycles. The quantitative estimate of drug-likeness (QED) is 0.651. The van der Waals surface area contributed by atoms with Gasteiger partial charge in [-0.3, -0.25) is 4.90 Å². The Morgan fingerprint density at radius 1 is 0.600 bits per heavy atom. The molecule has 114 valence electrons. The summed E-state index contributed by atoms with van der Waals surface area (Å²) in [5.41, 5.74) is 0. The summed E-state index contributed by atoms with van der Waals surface area (Å²) in [7, 11) is 0. The van der Waals surface area contributed by atoms with Crippen LogP contribution in [0.15, 0.2) is 0 Å². The Morgan fingerprint density at radius 2 is 1.20 bits per heavy atom. The molecule has 4 aliphatic rings. The maximum absolute atomic E-state index is 3.08. The minimum atomic E-state index is 0.961. The van der Waals surface area contributed by atoms with E-state index in [1.807, 2.05) is 0 Å². The van der Waals surface area contributed by atoms with Gasteiger partial charge in [0.25, 0.3) is 0 Å². The Labute approximate surface area is 125 Å². The van der Waals surface area contributed by atoms with Gasteiger partial charge in [-0.25, -0.2) is 0 Å². The van der Waals surface area contributed by atoms with Crippen LogP contribution in [0.25, 0.3) is 0 Å². The van der Waals surface area contributed by atoms with E-state index in [2.05, 4.69) is 11.8 Å². The largest absolute Gasteiger partial charge is 0.294 e. The van der Waals surface area contributed by atoms with Gasteiger partial charge < -0.3 is 0 Å². The molecule has 0 aromatic rings. The van der Waals surface area contributed by atoms with Crippen LogP contribution in [0.4, 0.5) is 0 Å². The van der Waals surface area contributed by atoms with Crippen LogP contribution in [0.2, 0.25) is 0 Å². The second-order valence-corrected chi connectivity index (χ2v) is 8.64. The predicted octanol–water partition coefficient (Wildman–Crippen LogP) is 5.00. The monoisotopic (exact) mass is 275 g/mol. The first-order valence-corrected chi connectivity index (χ1v) is 9.57. The van der Waals surface area contributed by atoms with Crippen molar-refractivity contribution in [2.75, 3.05) is 0 Å². The minimum absolute atomic E-state index is 0.961. The maximum atomic E-state index is 3.08. The van der Waals surface area contributed by atoms with Crippen molar-refractivity contribution in [1.82, 2.24) is 4.90 Å². The summed E-state index contributed by atoms with van der Waals surface area (Å²) in [6, 6.07) is 2.89. The topological polar surface area (TPSA) is 3.24 Å². The minimum Gasteiger partial charge on any atom is -0.294 e. The fourth-order valence-corrected chi connectivity index (χ4v) is 6.40. The highest BCUT2D eigenvalue weighted by molar-refractivity contribution is 4.97. The highest BCUT2D eigenvalue weighted by atomic mass is 15.2. The third-order valence-electron chi connectivity index (χ3n) is 7.04. The van der Waals surface area contributed by atoms with Crippen LogP contribution in [0.1, 0.15) is 84.0 Å². The molecule has 4 rings (SSSR count). The van der Waals surface area contributed by atoms with Gasteiger partial charge in [0.2, 0.25) is 0 Å². The van der Waals surface area contributed by atoms with Crippen LogP contribution < -0.4 is 0 Å². The lowest BCUT2D eigenvalue weighted by atomic mass is 9.72. The van der Waals surface area contributed by atoms with Crippen molar-refractivity contribution in [1.29, 1.82) is 0 Å². The molecule has 0 unspecified atom stereocenters. The summed E-state index contributed by atoms with van der Waals surface area (Å²) in [6.07, 6.45) is 18.4. The van der Waals surface area contributed by atoms with Crippen LogP contribution >= 0.6 is 0 Å². The lowest BCUT2D eigenvalue weighted by Crippen LogP contribution is -2.57. The average molecular weight is 275 g/mol. The molecule has 2 saturated heterocycles. The third-order valence-corrected chi connectivity index (χ3v) is 7.04. The van der Waals surface area contributed by atoms with Crippen molar-refractivity contribution in [2.24, 2.45) is 17.8 Å². The molecular formula is C19H33N. The van der Waals surface area contributed by atoms with Crippen LogP contribution in [0.5, 0.6) is 0 Å². The van der Waals surface area contributed by atoms with Crippen molar-refractivity contribution in [2.45, 2.75) is 102 Å². The summed E-state index contributed by atoms with van der Waals surface area (Å²) < 4.78 is 0. The number of fused-ring (bicyclic) bond motifs is 4. The molecule has 2 heterocycles. The molecule has 4 bridgehead atoms. The number of hydrogen-bond acceptors (Lipinski definition) is 1. The van der Waals surface area contributed by atoms with Crippen molar-refractivity contribution in [3.05, 3.63) is 0 Å². The second-order valence-electron chi connectivity index (χ2n) is 8.64. The first kappa shape index (κ1) is 13.6. The Balaban J connectivity index is 1.51. The van der Waals surface area contributed by atoms with Gasteiger partial charge in [-0.05, 0) is 62.7 Å². The standard InChI is InChI=1S/C19H33N/c1-14-9-17-7-4-8-18(10-14)20(17)19-12-15-5-2-3-6-16(11-15)13-19/h14-19H,2-13H2,1H3/t14-,15-,16+,17+,18-,19-. The highest BCUT2D eigenvalue weighted by Gasteiger charge is 2.43. The fourth-order valence-electron chi connectivity index (χ4n) is 6.40. The fraction of sp³-hybridized carbons (Fsp3) is 1.00. The molecule has 1 heteroatoms. The van der Waals surface area contributed by atoms with Gasteiger partial charge in [0, 0.05) is 18.1 Å². The maximum Gasteiger partial charge on any atom is 0.0106 e. The zero-order valence-corrected chi connectivity index (χ0v) is 13.4. The summed E-state index contributed by atoms with van der Waals surface area (Å²) in [5, 5.41) is 0. The summed E-state index contributed by atoms with van der Waals surface area (Å²) in [5.74, 6) is 3.16. The molecule has 1 nitrogen and oxygen atoms in total. The number of piperidine rings is 2. The molecule has 0 spiro atoms. The molecule has 0 aromatic heterocycles. The van der Waals surface area contributed by atoms with Gasteiger partial charge in [0.15, 0.2) is 0 Å². The lowest BCUT2D eigenvalue weighted by molar-refractivity contribution is -0.0419. The Kier molecular flexibility index (Phi) is 3.83. The summed E-state index contributed by atoms with van der Waals surface area (Å²) >= 11 is 0. The van der Waals surface area contributed by atoms with E-state index in [0.717, 1.165) is 35.9 Å². The molecule has 20 heavy (non-hydrogen) atoms. The average Bonchev–Trinajstić information content (AvgIpc) is 2.58. The zero-order chi connectivity index (χ0) is 13.5. The summed E-state index contributed by atoms with van der Waals surface area (Å²) in [6.45, 7) is 2.50. The lowest BCUT2D eigenvalue weighted by Gasteiger charge is -2.54. The molecule has 6 atom stereocenters. The van der Waals surface area contributed by atoms with E-state index in [1.165, 1.54) is 44.9 Å². The molecule has 0 amide bonds. The number of rotatable bonds is 1. The van der Waals surface area contributed by atoms with Crippen molar-refractivity contribution < 1.29 is 0 Å². The third kappa shape index (κ3) is 2.56. The van der Waals surface area contributed by atoms with Crippen LogP contribution in [0, 0.1) is 17.8 Å². The van der Waals surface area contributed by atoms with Gasteiger partial charge in [0.05, 0.1) is 0 Å². The van der Waals surface area contributed by atoms with E-state index >= 15 is 0 Å². The van der Waals surface area contributed by atoms with Gasteiger partial charge >= 0.3 is 0 Å². The van der Waals surface area contributed by atoms with Crippen LogP contribution in [-0.2, 0) is 0 Å². The van der Waals surface area contributed by atoms with Gasteiger partial charge in [-0.15, -0.1) is 0 Å². The van der Waals surface area contributed by atoms with Crippen molar-refractivity contribution in [3.63, 3.8) is 0 Å². The van der Waals surface area contributed by atoms with Crippen molar-refractivity contribution in [3.8, 4) is 0 Å². The van der Waals surface area contributed by atoms with Crippen LogP contribution in [-0.4, -0.2) is 23.0 Å². The Morgan fingerprint density at radius 3 is 1.80 bits per heavy atom. The van der Waals surface area contributed by atoms with Gasteiger partial charge in [0.1, 0.15) is 0 Å². The van der Waals surface area contributed by atoms with Crippen molar-refractivity contribution >= 4 is 0 Å². The van der Waals surface area contributed by atoms with Gasteiger partial charge in [-0.2, -0.15) is 0 Å². The van der Waals surface area contributed by atoms with E-state index in [1.54, 1.807) is 32.1 Å². The van der Waals surface area contributed by atoms with E-state index in [9.17, 15) is 0 Å². The molecule has 2 aliphatic heterocycles. The molecule has 4 fully saturated rings. The smallest absolute Gasteiger partial charge is 0.0106 e. The zero-order valence-electron chi connectivity index (χ0n) is 13.4. The SMILES string of the molecule is C[C@H]1C[C@H]2CCC[C@@H](C1)N2[C@@H]1C[C@@H]2CCCC[C@@H](C2)C1. The molecule has 2 saturated carbocycles. The number of hydrogen-bond donors (Lipinski definition) is 0. The Bertz CT molecular complexity index is 311. The highest BCUT2D eigenvalue weighted by Crippen LogP contribution is 2.45. The second kappa shape index (κ2) is 5.63. The Hall–Kier alpha value is -0.0400. The van der Waals surface area contributed by atoms with Crippen LogP contribution in [0.3, 0.4) is 0 Å². The van der Waals surface area contributed by atoms with E-state index in [-0.39, 0.29) is 0 Å². The normalized spacial score (nSPS) is 49.6. The molecule has 0 aromatic carbocycles. The van der Waals surface area contributed by atoms with E-state index in [0.29, 0.717) is 0 Å². The van der Waals surface area contributed by atoms with E-state index < -0.39 is 0 Å². The first-order valence-electron chi connectivity index (χ1n) is 9.57. The summed E-state index contributed by atoms with van der Waals surface area (Å²) in [4.78, 5) is 3.08. The predicted molar refractivity (Wildman–Crippen MR) is 84.8 cm³/mol. The molecule has 0 N–H and O–H groups in total. The molecular weight excluding hydrogens is 242 g/mol. The number of nitrogens with zero attached hydrogens (tertiary/aromatic N) is 1. The van der Waals surface area contributed by atoms with E-state index in [4.69, 9.17) is 0 Å². The molecule has 0 radical (unpaired) electrons. The van der Waals surface area contributed by atoms with Gasteiger partial charge in [-0.1, -0.05) is 39.0 Å².